The van der Waals surface area contributed by atoms with Crippen molar-refractivity contribution in [1.82, 2.24) is 9.80 Å². The summed E-state index contributed by atoms with van der Waals surface area (Å²) in [6.45, 7) is 7.10. The molecule has 2 heterocycles. The SMILES string of the molecule is Cc1ccc(CN(Cc2ccc3c(c2)OCO3)C(=O)CN(CC(C)C)C(=O)c2ccc(Cl)cc2)o1. The van der Waals surface area contributed by atoms with E-state index >= 15 is 0 Å². The Bertz CT molecular complexity index is 1190. The van der Waals surface area contributed by atoms with Crippen LogP contribution in [0, 0.1) is 12.8 Å². The van der Waals surface area contributed by atoms with Crippen LogP contribution in [0.1, 0.15) is 41.3 Å². The summed E-state index contributed by atoms with van der Waals surface area (Å²) in [6, 6.07) is 16.1. The summed E-state index contributed by atoms with van der Waals surface area (Å²) in [4.78, 5) is 30.1. The average Bonchev–Trinajstić information content (AvgIpc) is 3.46. The number of aryl methyl sites for hydroxylation is 1. The van der Waals surface area contributed by atoms with Crippen molar-refractivity contribution in [3.63, 3.8) is 0 Å². The molecular formula is C27H29ClN2O5. The third kappa shape index (κ3) is 6.36. The second-order valence-corrected chi connectivity index (χ2v) is 9.47. The number of rotatable bonds is 9. The maximum Gasteiger partial charge on any atom is 0.254 e. The summed E-state index contributed by atoms with van der Waals surface area (Å²) in [6.07, 6.45) is 0. The number of hydrogen-bond acceptors (Lipinski definition) is 5. The number of amides is 2. The predicted molar refractivity (Wildman–Crippen MR) is 132 cm³/mol. The van der Waals surface area contributed by atoms with E-state index in [1.165, 1.54) is 0 Å². The smallest absolute Gasteiger partial charge is 0.254 e. The number of halogens is 1. The summed E-state index contributed by atoms with van der Waals surface area (Å²) in [5.41, 5.74) is 1.39. The van der Waals surface area contributed by atoms with Crippen LogP contribution in [0.15, 0.2) is 59.0 Å². The van der Waals surface area contributed by atoms with Crippen LogP contribution in [-0.4, -0.2) is 41.5 Å². The van der Waals surface area contributed by atoms with Crippen LogP contribution < -0.4 is 9.47 Å². The minimum atomic E-state index is -0.208. The largest absolute Gasteiger partial charge is 0.464 e. The van der Waals surface area contributed by atoms with Crippen molar-refractivity contribution < 1.29 is 23.5 Å². The molecule has 2 amide bonds. The molecule has 0 fully saturated rings. The van der Waals surface area contributed by atoms with Gasteiger partial charge in [0.05, 0.1) is 6.54 Å². The van der Waals surface area contributed by atoms with Crippen LogP contribution in [0.5, 0.6) is 11.5 Å². The number of carbonyl (C=O) groups excluding carboxylic acids is 2. The minimum Gasteiger partial charge on any atom is -0.464 e. The Balaban J connectivity index is 1.55. The van der Waals surface area contributed by atoms with Crippen molar-refractivity contribution in [3.05, 3.63) is 82.3 Å². The standard InChI is InChI=1S/C27H29ClN2O5/c1-18(2)13-30(27(32)21-6-8-22(28)9-7-21)16-26(31)29(15-23-10-4-19(3)35-23)14-20-5-11-24-25(12-20)34-17-33-24/h4-12,18H,13-17H2,1-3H3. The fourth-order valence-corrected chi connectivity index (χ4v) is 4.07. The lowest BCUT2D eigenvalue weighted by Crippen LogP contribution is -2.43. The van der Waals surface area contributed by atoms with Gasteiger partial charge in [-0.1, -0.05) is 31.5 Å². The number of benzene rings is 2. The highest BCUT2D eigenvalue weighted by Crippen LogP contribution is 2.33. The van der Waals surface area contributed by atoms with Gasteiger partial charge in [-0.15, -0.1) is 0 Å². The maximum atomic E-state index is 13.6. The van der Waals surface area contributed by atoms with E-state index in [4.69, 9.17) is 25.5 Å². The molecular weight excluding hydrogens is 468 g/mol. The monoisotopic (exact) mass is 496 g/mol. The van der Waals surface area contributed by atoms with E-state index in [0.717, 1.165) is 11.3 Å². The number of ether oxygens (including phenoxy) is 2. The van der Waals surface area contributed by atoms with Gasteiger partial charge in [0.2, 0.25) is 12.7 Å². The van der Waals surface area contributed by atoms with Crippen molar-refractivity contribution in [1.29, 1.82) is 0 Å². The molecule has 0 N–H and O–H groups in total. The zero-order valence-corrected chi connectivity index (χ0v) is 20.9. The van der Waals surface area contributed by atoms with E-state index in [1.54, 1.807) is 34.1 Å². The summed E-state index contributed by atoms with van der Waals surface area (Å²) in [7, 11) is 0. The quantitative estimate of drug-likeness (QED) is 0.402. The topological polar surface area (TPSA) is 72.2 Å². The molecule has 0 saturated carbocycles. The van der Waals surface area contributed by atoms with E-state index in [1.807, 2.05) is 51.1 Å². The van der Waals surface area contributed by atoms with Gasteiger partial charge in [0, 0.05) is 23.7 Å². The first kappa shape index (κ1) is 24.7. The molecule has 1 aromatic heterocycles. The molecule has 0 saturated heterocycles. The van der Waals surface area contributed by atoms with Crippen LogP contribution in [0.25, 0.3) is 0 Å². The molecule has 1 aliphatic rings. The lowest BCUT2D eigenvalue weighted by molar-refractivity contribution is -0.133. The van der Waals surface area contributed by atoms with Crippen molar-refractivity contribution >= 4 is 23.4 Å². The molecule has 0 spiro atoms. The lowest BCUT2D eigenvalue weighted by atomic mass is 10.1. The van der Waals surface area contributed by atoms with E-state index in [9.17, 15) is 9.59 Å². The number of hydrogen-bond donors (Lipinski definition) is 0. The lowest BCUT2D eigenvalue weighted by Gasteiger charge is -2.28. The third-order valence-electron chi connectivity index (χ3n) is 5.60. The first-order valence-electron chi connectivity index (χ1n) is 11.5. The summed E-state index contributed by atoms with van der Waals surface area (Å²) in [5.74, 6) is 2.59. The summed E-state index contributed by atoms with van der Waals surface area (Å²) in [5, 5.41) is 0.552. The third-order valence-corrected chi connectivity index (χ3v) is 5.85. The first-order chi connectivity index (χ1) is 16.8. The van der Waals surface area contributed by atoms with Gasteiger partial charge in [0.1, 0.15) is 18.1 Å². The van der Waals surface area contributed by atoms with Gasteiger partial charge < -0.3 is 23.7 Å². The Kier molecular flexibility index (Phi) is 7.66. The van der Waals surface area contributed by atoms with Crippen LogP contribution in [0.2, 0.25) is 5.02 Å². The molecule has 4 rings (SSSR count). The van der Waals surface area contributed by atoms with Crippen molar-refractivity contribution in [2.24, 2.45) is 5.92 Å². The second kappa shape index (κ2) is 10.9. The zero-order valence-electron chi connectivity index (χ0n) is 20.1. The highest BCUT2D eigenvalue weighted by atomic mass is 35.5. The molecule has 0 unspecified atom stereocenters. The normalized spacial score (nSPS) is 12.1. The van der Waals surface area contributed by atoms with Gasteiger partial charge in [-0.25, -0.2) is 0 Å². The Hall–Kier alpha value is -3.45. The second-order valence-electron chi connectivity index (χ2n) is 9.04. The Morgan fingerprint density at radius 3 is 2.37 bits per heavy atom. The molecule has 1 aliphatic heterocycles. The molecule has 8 heteroatoms. The van der Waals surface area contributed by atoms with Crippen LogP contribution >= 0.6 is 11.6 Å². The Morgan fingerprint density at radius 1 is 0.943 bits per heavy atom. The molecule has 0 atom stereocenters. The molecule has 0 bridgehead atoms. The highest BCUT2D eigenvalue weighted by Gasteiger charge is 2.25. The number of fused-ring (bicyclic) bond motifs is 1. The number of furan rings is 1. The molecule has 0 radical (unpaired) electrons. The van der Waals surface area contributed by atoms with Crippen molar-refractivity contribution in [2.45, 2.75) is 33.9 Å². The van der Waals surface area contributed by atoms with E-state index < -0.39 is 0 Å². The van der Waals surface area contributed by atoms with Gasteiger partial charge in [-0.05, 0) is 66.9 Å². The molecule has 7 nitrogen and oxygen atoms in total. The number of nitrogens with zero attached hydrogens (tertiary/aromatic N) is 2. The van der Waals surface area contributed by atoms with Gasteiger partial charge >= 0.3 is 0 Å². The van der Waals surface area contributed by atoms with Crippen LogP contribution in [-0.2, 0) is 17.9 Å². The molecule has 0 aliphatic carbocycles. The molecule has 3 aromatic rings. The summed E-state index contributed by atoms with van der Waals surface area (Å²) < 4.78 is 16.6. The van der Waals surface area contributed by atoms with Gasteiger partial charge in [-0.2, -0.15) is 0 Å². The van der Waals surface area contributed by atoms with E-state index in [-0.39, 0.29) is 37.6 Å². The van der Waals surface area contributed by atoms with Crippen molar-refractivity contribution in [3.8, 4) is 11.5 Å². The van der Waals surface area contributed by atoms with Crippen molar-refractivity contribution in [2.75, 3.05) is 19.9 Å². The summed E-state index contributed by atoms with van der Waals surface area (Å²) >= 11 is 5.99. The van der Waals surface area contributed by atoms with E-state index in [0.29, 0.717) is 40.9 Å². The zero-order chi connectivity index (χ0) is 24.9. The Labute approximate surface area is 210 Å². The predicted octanol–water partition coefficient (Wildman–Crippen LogP) is 5.30. The maximum absolute atomic E-state index is 13.6. The minimum absolute atomic E-state index is 0.0517. The molecule has 184 valence electrons. The first-order valence-corrected chi connectivity index (χ1v) is 11.9. The van der Waals surface area contributed by atoms with Gasteiger partial charge in [0.25, 0.3) is 5.91 Å². The van der Waals surface area contributed by atoms with Crippen LogP contribution in [0.3, 0.4) is 0 Å². The van der Waals surface area contributed by atoms with Crippen LogP contribution in [0.4, 0.5) is 0 Å². The fourth-order valence-electron chi connectivity index (χ4n) is 3.95. The Morgan fingerprint density at radius 2 is 1.69 bits per heavy atom. The highest BCUT2D eigenvalue weighted by molar-refractivity contribution is 6.30. The molecule has 2 aromatic carbocycles. The van der Waals surface area contributed by atoms with Gasteiger partial charge in [0.15, 0.2) is 11.5 Å². The number of carbonyl (C=O) groups is 2. The fraction of sp³-hybridized carbons (Fsp3) is 0.333. The van der Waals surface area contributed by atoms with E-state index in [2.05, 4.69) is 0 Å². The molecule has 35 heavy (non-hydrogen) atoms. The average molecular weight is 497 g/mol. The van der Waals surface area contributed by atoms with Gasteiger partial charge in [-0.3, -0.25) is 9.59 Å².